The average molecular weight is 684 g/mol. The molecule has 1 N–H and O–H groups in total. The molecule has 0 aliphatic rings. The molecular formula is C18H12Br4N4OS2. The fourth-order valence-electron chi connectivity index (χ4n) is 1.93. The molecule has 0 unspecified atom stereocenters. The monoisotopic (exact) mass is 680 g/mol. The molecular weight excluding hydrogens is 672 g/mol. The molecule has 0 fully saturated rings. The van der Waals surface area contributed by atoms with Crippen LogP contribution >= 0.6 is 87.4 Å². The summed E-state index contributed by atoms with van der Waals surface area (Å²) >= 11 is 16.4. The lowest BCUT2D eigenvalue weighted by molar-refractivity contribution is 0.246. The van der Waals surface area contributed by atoms with Crippen molar-refractivity contribution in [1.29, 1.82) is 5.26 Å². The van der Waals surface area contributed by atoms with Crippen LogP contribution in [0.15, 0.2) is 46.1 Å². The third-order valence-electron chi connectivity index (χ3n) is 3.24. The molecule has 0 aliphatic carbocycles. The number of rotatable bonds is 4. The van der Waals surface area contributed by atoms with Gasteiger partial charge >= 0.3 is 6.03 Å². The largest absolute Gasteiger partial charge is 0.343 e. The van der Waals surface area contributed by atoms with Crippen LogP contribution in [0.2, 0.25) is 0 Å². The number of nitriles is 1. The van der Waals surface area contributed by atoms with Crippen LogP contribution in [0.5, 0.6) is 0 Å². The van der Waals surface area contributed by atoms with Crippen LogP contribution in [0, 0.1) is 23.3 Å². The van der Waals surface area contributed by atoms with Crippen molar-refractivity contribution in [3.05, 3.63) is 41.8 Å². The minimum atomic E-state index is -0.368. The number of amides is 2. The Kier molecular flexibility index (Phi) is 9.86. The van der Waals surface area contributed by atoms with Gasteiger partial charge in [-0.25, -0.2) is 9.78 Å². The van der Waals surface area contributed by atoms with Gasteiger partial charge in [-0.3, -0.25) is 0 Å². The Morgan fingerprint density at radius 2 is 1.97 bits per heavy atom. The van der Waals surface area contributed by atoms with E-state index >= 15 is 0 Å². The molecule has 1 heterocycles. The Hall–Kier alpha value is -0.690. The molecule has 0 saturated heterocycles. The topological polar surface area (TPSA) is 69.0 Å². The number of nitrogens with one attached hydrogen (secondary N) is 1. The van der Waals surface area contributed by atoms with Crippen LogP contribution in [0.4, 0.5) is 10.5 Å². The van der Waals surface area contributed by atoms with Gasteiger partial charge in [0, 0.05) is 29.3 Å². The number of urea groups is 1. The number of halogens is 4. The molecule has 0 aliphatic heterocycles. The van der Waals surface area contributed by atoms with Crippen LogP contribution in [-0.2, 0) is 0 Å². The van der Waals surface area contributed by atoms with Crippen molar-refractivity contribution in [2.45, 2.75) is 23.3 Å². The summed E-state index contributed by atoms with van der Waals surface area (Å²) in [6.07, 6.45) is 2.42. The normalized spacial score (nSPS) is 9.97. The van der Waals surface area contributed by atoms with Crippen molar-refractivity contribution in [1.82, 2.24) is 9.29 Å². The van der Waals surface area contributed by atoms with Gasteiger partial charge < -0.3 is 5.32 Å². The van der Waals surface area contributed by atoms with E-state index < -0.39 is 0 Å². The molecule has 0 bridgehead atoms. The highest BCUT2D eigenvalue weighted by Gasteiger charge is 2.17. The summed E-state index contributed by atoms with van der Waals surface area (Å²) in [5.41, 5.74) is 0.936. The Morgan fingerprint density at radius 3 is 2.59 bits per heavy atom. The number of nitrogens with zero attached hydrogens (tertiary/aromatic N) is 3. The van der Waals surface area contributed by atoms with Crippen LogP contribution in [0.25, 0.3) is 0 Å². The summed E-state index contributed by atoms with van der Waals surface area (Å²) in [4.78, 5) is 17.6. The van der Waals surface area contributed by atoms with E-state index in [1.165, 1.54) is 28.0 Å². The SMILES string of the molecule is CCC#CN(SC)C(=O)Nc1ccc(Sc2nc(Br)c(Br)c(Br)c2Br)c(C#N)c1. The van der Waals surface area contributed by atoms with Crippen molar-refractivity contribution in [2.75, 3.05) is 11.6 Å². The number of benzene rings is 1. The van der Waals surface area contributed by atoms with Crippen molar-refractivity contribution in [2.24, 2.45) is 0 Å². The highest BCUT2D eigenvalue weighted by Crippen LogP contribution is 2.43. The van der Waals surface area contributed by atoms with Gasteiger partial charge in [-0.2, -0.15) is 9.57 Å². The van der Waals surface area contributed by atoms with Crippen molar-refractivity contribution in [3.63, 3.8) is 0 Å². The van der Waals surface area contributed by atoms with Crippen LogP contribution in [0.3, 0.4) is 0 Å². The van der Waals surface area contributed by atoms with Gasteiger partial charge in [0.2, 0.25) is 0 Å². The Balaban J connectivity index is 2.28. The van der Waals surface area contributed by atoms with Crippen LogP contribution in [-0.4, -0.2) is 21.6 Å². The predicted molar refractivity (Wildman–Crippen MR) is 133 cm³/mol. The Bertz CT molecular complexity index is 1050. The number of aromatic nitrogens is 1. The van der Waals surface area contributed by atoms with Gasteiger partial charge in [0.15, 0.2) is 0 Å². The lowest BCUT2D eigenvalue weighted by Crippen LogP contribution is -2.25. The first-order valence-electron chi connectivity index (χ1n) is 7.88. The smallest absolute Gasteiger partial charge is 0.306 e. The first-order chi connectivity index (χ1) is 13.8. The minimum Gasteiger partial charge on any atom is -0.306 e. The second-order valence-corrected chi connectivity index (χ2v) is 10.0. The zero-order chi connectivity index (χ0) is 21.6. The van der Waals surface area contributed by atoms with E-state index in [9.17, 15) is 10.1 Å². The summed E-state index contributed by atoms with van der Waals surface area (Å²) in [6, 6.07) is 9.72. The fourth-order valence-corrected chi connectivity index (χ4v) is 5.53. The van der Waals surface area contributed by atoms with Gasteiger partial charge in [-0.05, 0) is 93.9 Å². The molecule has 0 saturated carbocycles. The number of hydrogen-bond acceptors (Lipinski definition) is 5. The molecule has 0 atom stereocenters. The molecule has 0 radical (unpaired) electrons. The third-order valence-corrected chi connectivity index (χ3v) is 9.69. The van der Waals surface area contributed by atoms with Gasteiger partial charge in [0.25, 0.3) is 0 Å². The number of anilines is 1. The average Bonchev–Trinajstić information content (AvgIpc) is 2.71. The number of pyridine rings is 1. The molecule has 2 amide bonds. The quantitative estimate of drug-likeness (QED) is 0.155. The maximum absolute atomic E-state index is 12.3. The standard InChI is InChI=1S/C18H12Br4N4OS2/c1-3-4-7-26(28-2)18(27)24-11-5-6-12(10(8-11)9-23)29-17-15(21)13(19)14(20)16(22)25-17/h5-6,8H,3H2,1-2H3,(H,24,27). The molecule has 11 heteroatoms. The summed E-state index contributed by atoms with van der Waals surface area (Å²) in [7, 11) is 0. The van der Waals surface area contributed by atoms with E-state index in [0.717, 1.165) is 13.4 Å². The summed E-state index contributed by atoms with van der Waals surface area (Å²) in [6.45, 7) is 1.91. The summed E-state index contributed by atoms with van der Waals surface area (Å²) < 4.78 is 4.33. The molecule has 5 nitrogen and oxygen atoms in total. The molecule has 1 aromatic heterocycles. The zero-order valence-electron chi connectivity index (χ0n) is 15.0. The van der Waals surface area contributed by atoms with Crippen molar-refractivity contribution in [3.8, 4) is 18.0 Å². The van der Waals surface area contributed by atoms with E-state index in [1.807, 2.05) is 6.92 Å². The van der Waals surface area contributed by atoms with Crippen LogP contribution in [0.1, 0.15) is 18.9 Å². The zero-order valence-corrected chi connectivity index (χ0v) is 23.0. The molecule has 150 valence electrons. The van der Waals surface area contributed by atoms with Gasteiger partial charge in [0.1, 0.15) is 15.7 Å². The summed E-state index contributed by atoms with van der Waals surface area (Å²) in [5, 5.41) is 13.0. The molecule has 2 rings (SSSR count). The van der Waals surface area contributed by atoms with E-state index in [2.05, 4.69) is 92.1 Å². The highest BCUT2D eigenvalue weighted by molar-refractivity contribution is 9.15. The number of carbonyl (C=O) groups excluding carboxylic acids is 1. The molecule has 1 aromatic carbocycles. The molecule has 2 aromatic rings. The second kappa shape index (κ2) is 11.6. The van der Waals surface area contributed by atoms with Gasteiger partial charge in [-0.15, -0.1) is 0 Å². The number of carbonyl (C=O) groups is 1. The van der Waals surface area contributed by atoms with Gasteiger partial charge in [0.05, 0.1) is 19.0 Å². The van der Waals surface area contributed by atoms with E-state index in [4.69, 9.17) is 0 Å². The first kappa shape index (κ1) is 24.6. The lowest BCUT2D eigenvalue weighted by Gasteiger charge is -2.14. The molecule has 0 spiro atoms. The molecule has 29 heavy (non-hydrogen) atoms. The third kappa shape index (κ3) is 6.39. The van der Waals surface area contributed by atoms with E-state index in [0.29, 0.717) is 32.2 Å². The Morgan fingerprint density at radius 1 is 1.24 bits per heavy atom. The first-order valence-corrected chi connectivity index (χ1v) is 13.0. The van der Waals surface area contributed by atoms with E-state index in [-0.39, 0.29) is 6.03 Å². The second-order valence-electron chi connectivity index (χ2n) is 5.12. The van der Waals surface area contributed by atoms with Crippen LogP contribution < -0.4 is 5.32 Å². The van der Waals surface area contributed by atoms with Gasteiger partial charge in [-0.1, -0.05) is 24.6 Å². The predicted octanol–water partition coefficient (Wildman–Crippen LogP) is 7.64. The van der Waals surface area contributed by atoms with E-state index in [1.54, 1.807) is 24.5 Å². The summed E-state index contributed by atoms with van der Waals surface area (Å²) in [5.74, 6) is 2.86. The fraction of sp³-hybridized carbons (Fsp3) is 0.167. The van der Waals surface area contributed by atoms with Crippen molar-refractivity contribution >= 4 is 99.1 Å². The highest BCUT2D eigenvalue weighted by atomic mass is 79.9. The maximum atomic E-state index is 12.3. The Labute approximate surface area is 211 Å². The lowest BCUT2D eigenvalue weighted by atomic mass is 10.2. The number of hydrogen-bond donors (Lipinski definition) is 1. The maximum Gasteiger partial charge on any atom is 0.343 e. The van der Waals surface area contributed by atoms with Crippen molar-refractivity contribution < 1.29 is 4.79 Å². The minimum absolute atomic E-state index is 0.368.